The van der Waals surface area contributed by atoms with Crippen LogP contribution >= 0.6 is 24.0 Å². The van der Waals surface area contributed by atoms with E-state index >= 15 is 0 Å². The molecule has 0 aliphatic heterocycles. The van der Waals surface area contributed by atoms with E-state index in [0.717, 1.165) is 24.5 Å². The molecule has 0 unspecified atom stereocenters. The molecule has 0 heterocycles. The third-order valence-electron chi connectivity index (χ3n) is 0. The molecule has 0 atom stereocenters. The van der Waals surface area contributed by atoms with Gasteiger partial charge < -0.3 is 0 Å². The van der Waals surface area contributed by atoms with Crippen molar-refractivity contribution < 1.29 is 24.6 Å². The fourth-order valence-corrected chi connectivity index (χ4v) is 0. The van der Waals surface area contributed by atoms with Crippen molar-refractivity contribution in [3.8, 4) is 0 Å². The molecule has 0 fully saturated rings. The monoisotopic (exact) mass is 341 g/mol. The molecule has 0 aromatic heterocycles. The molecular formula is CH2IOW. The molecule has 1 nitrogen and oxygen atoms in total. The number of rotatable bonds is 0. The molecule has 0 aliphatic rings. The number of hydrogen-bond donors (Lipinski definition) is 0. The van der Waals surface area contributed by atoms with E-state index in [1.54, 1.807) is 0 Å². The third-order valence-corrected chi connectivity index (χ3v) is 0. The fourth-order valence-electron chi connectivity index (χ4n) is 0. The zero-order valence-electron chi connectivity index (χ0n) is 1.80. The second-order valence-electron chi connectivity index (χ2n) is 0.0962. The van der Waals surface area contributed by atoms with Gasteiger partial charge in [-0.25, -0.2) is 0 Å². The molecule has 0 aliphatic carbocycles. The van der Waals surface area contributed by atoms with Crippen molar-refractivity contribution in [2.45, 2.75) is 0 Å². The molecule has 25 valence electrons. The van der Waals surface area contributed by atoms with Crippen LogP contribution in [0.4, 0.5) is 0 Å². The summed E-state index contributed by atoms with van der Waals surface area (Å²) in [5.41, 5.74) is 0. The van der Waals surface area contributed by atoms with Crippen molar-refractivity contribution in [3.63, 3.8) is 0 Å². The Hall–Kier alpha value is 1.09. The summed E-state index contributed by atoms with van der Waals surface area (Å²) in [6, 6.07) is 0. The number of carbonyl (C=O) groups excluding carboxylic acids is 1. The Bertz CT molecular complexity index is 15.5. The van der Waals surface area contributed by atoms with Gasteiger partial charge in [-0.2, -0.15) is 0 Å². The molecule has 0 aromatic carbocycles. The van der Waals surface area contributed by atoms with Crippen LogP contribution in [0.1, 0.15) is 0 Å². The minimum absolute atomic E-state index is 0. The van der Waals surface area contributed by atoms with E-state index in [4.69, 9.17) is 4.79 Å². The van der Waals surface area contributed by atoms with Crippen LogP contribution in [-0.2, 0) is 24.6 Å². The van der Waals surface area contributed by atoms with Gasteiger partial charge in [0.1, 0.15) is 0 Å². The maximum atomic E-state index is 8.84. The van der Waals surface area contributed by atoms with E-state index in [1.165, 1.54) is 0 Å². The Morgan fingerprint density at radius 2 is 1.75 bits per heavy atom. The van der Waals surface area contributed by atoms with Crippen LogP contribution in [0.5, 0.6) is 0 Å². The Labute approximate surface area is 53.1 Å². The molecule has 0 saturated carbocycles. The SMILES string of the molecule is I.O=[CH][W]. The van der Waals surface area contributed by atoms with E-state index in [-0.39, 0.29) is 24.0 Å². The van der Waals surface area contributed by atoms with Gasteiger partial charge in [0.15, 0.2) is 0 Å². The Balaban J connectivity index is 0. The van der Waals surface area contributed by atoms with Gasteiger partial charge in [0, 0.05) is 0 Å². The van der Waals surface area contributed by atoms with Crippen LogP contribution in [0.2, 0.25) is 0 Å². The Morgan fingerprint density at radius 1 is 1.75 bits per heavy atom. The molecule has 0 N–H and O–H groups in total. The first-order valence-corrected chi connectivity index (χ1v) is 2.17. The van der Waals surface area contributed by atoms with E-state index in [9.17, 15) is 0 Å². The van der Waals surface area contributed by atoms with Crippen LogP contribution in [-0.4, -0.2) is 4.68 Å². The summed E-state index contributed by atoms with van der Waals surface area (Å²) in [6.07, 6.45) is 0. The molecule has 3 heteroatoms. The normalized spacial score (nSPS) is 3.00. The van der Waals surface area contributed by atoms with Crippen molar-refractivity contribution >= 4 is 28.7 Å². The molecule has 0 saturated heterocycles. The molecule has 4 heavy (non-hydrogen) atoms. The molecule has 0 bridgehead atoms. The second kappa shape index (κ2) is 8.94. The summed E-state index contributed by atoms with van der Waals surface area (Å²) in [5, 5.41) is 0. The first-order chi connectivity index (χ1) is 1.41. The van der Waals surface area contributed by atoms with Gasteiger partial charge in [0.25, 0.3) is 0 Å². The standard InChI is InChI=1S/CHO.HI.W/c1-2;;/h1H;1H;. The topological polar surface area (TPSA) is 17.1 Å². The summed E-state index contributed by atoms with van der Waals surface area (Å²) in [6.45, 7) is 0. The van der Waals surface area contributed by atoms with Crippen molar-refractivity contribution in [1.29, 1.82) is 0 Å². The third kappa shape index (κ3) is 11.4. The molecule has 0 spiro atoms. The van der Waals surface area contributed by atoms with Gasteiger partial charge in [-0.15, -0.1) is 24.0 Å². The second-order valence-corrected chi connectivity index (χ2v) is 0.788. The minimum atomic E-state index is 0. The molecular weight excluding hydrogens is 339 g/mol. The summed E-state index contributed by atoms with van der Waals surface area (Å²) >= 11 is 0.991. The summed E-state index contributed by atoms with van der Waals surface area (Å²) in [4.78, 5) is 8.84. The Kier molecular flexibility index (Phi) is 19.9. The number of hydrogen-bond acceptors (Lipinski definition) is 1. The van der Waals surface area contributed by atoms with Gasteiger partial charge in [0.2, 0.25) is 0 Å². The summed E-state index contributed by atoms with van der Waals surface area (Å²) in [5.74, 6) is 0. The molecule has 0 radical (unpaired) electrons. The van der Waals surface area contributed by atoms with Crippen molar-refractivity contribution in [1.82, 2.24) is 0 Å². The first kappa shape index (κ1) is 8.92. The van der Waals surface area contributed by atoms with Crippen LogP contribution in [0.15, 0.2) is 0 Å². The van der Waals surface area contributed by atoms with Gasteiger partial charge in [-0.05, 0) is 0 Å². The zero-order valence-corrected chi connectivity index (χ0v) is 7.07. The quantitative estimate of drug-likeness (QED) is 0.459. The molecule has 0 amide bonds. The van der Waals surface area contributed by atoms with Gasteiger partial charge >= 0.3 is 29.3 Å². The van der Waals surface area contributed by atoms with Gasteiger partial charge in [-0.1, -0.05) is 0 Å². The van der Waals surface area contributed by atoms with Gasteiger partial charge in [0.05, 0.1) is 0 Å². The Morgan fingerprint density at radius 3 is 1.75 bits per heavy atom. The van der Waals surface area contributed by atoms with E-state index in [2.05, 4.69) is 0 Å². The van der Waals surface area contributed by atoms with E-state index < -0.39 is 0 Å². The van der Waals surface area contributed by atoms with Crippen molar-refractivity contribution in [2.24, 2.45) is 0 Å². The number of carbonyl (C=O) groups is 1. The molecule has 0 aromatic rings. The van der Waals surface area contributed by atoms with Crippen molar-refractivity contribution in [2.75, 3.05) is 0 Å². The van der Waals surface area contributed by atoms with Crippen LogP contribution in [0, 0.1) is 0 Å². The van der Waals surface area contributed by atoms with Crippen LogP contribution < -0.4 is 0 Å². The molecule has 0 rings (SSSR count). The average molecular weight is 341 g/mol. The maximum absolute atomic E-state index is 8.84. The zero-order chi connectivity index (χ0) is 2.71. The van der Waals surface area contributed by atoms with Crippen molar-refractivity contribution in [3.05, 3.63) is 0 Å². The predicted octanol–water partition coefficient (Wildman–Crippen LogP) is 0.341. The van der Waals surface area contributed by atoms with Crippen LogP contribution in [0.3, 0.4) is 0 Å². The van der Waals surface area contributed by atoms with E-state index in [0.29, 0.717) is 0 Å². The summed E-state index contributed by atoms with van der Waals surface area (Å²) < 4.78 is 0.833. The number of halogens is 1. The van der Waals surface area contributed by atoms with Crippen LogP contribution in [0.25, 0.3) is 0 Å². The first-order valence-electron chi connectivity index (χ1n) is 0.471. The predicted molar refractivity (Wildman–Crippen MR) is 22.2 cm³/mol. The average Bonchev–Trinajstić information content (AvgIpc) is 0.918. The fraction of sp³-hybridized carbons (Fsp3) is 0. The van der Waals surface area contributed by atoms with Gasteiger partial charge in [-0.3, -0.25) is 0 Å². The summed E-state index contributed by atoms with van der Waals surface area (Å²) in [7, 11) is 0. The van der Waals surface area contributed by atoms with E-state index in [1.807, 2.05) is 0 Å².